The minimum atomic E-state index is 0.689. The summed E-state index contributed by atoms with van der Waals surface area (Å²) in [4.78, 5) is 0. The van der Waals surface area contributed by atoms with Crippen LogP contribution in [0, 0.1) is 0 Å². The highest BCUT2D eigenvalue weighted by atomic mass is 35.5. The largest absolute Gasteiger partial charge is 0.275 e. The minimum absolute atomic E-state index is 0.689. The van der Waals surface area contributed by atoms with E-state index in [-0.39, 0.29) is 0 Å². The summed E-state index contributed by atoms with van der Waals surface area (Å²) in [6.07, 6.45) is 0. The van der Waals surface area contributed by atoms with Crippen molar-refractivity contribution in [3.63, 3.8) is 0 Å². The van der Waals surface area contributed by atoms with E-state index in [1.165, 1.54) is 0 Å². The van der Waals surface area contributed by atoms with Gasteiger partial charge in [0.25, 0.3) is 0 Å². The van der Waals surface area contributed by atoms with E-state index in [0.717, 1.165) is 37.6 Å². The molecule has 0 radical (unpaired) electrons. The Morgan fingerprint density at radius 3 is 1.25 bits per heavy atom. The Morgan fingerprint density at radius 1 is 0.583 bits per heavy atom. The third kappa shape index (κ3) is 4.91. The summed E-state index contributed by atoms with van der Waals surface area (Å²) >= 11 is 11.7. The number of rotatable bonds is 4. The van der Waals surface area contributed by atoms with Gasteiger partial charge >= 0.3 is 0 Å². The number of nitrogens with zero attached hydrogens (tertiary/aromatic N) is 6. The van der Waals surface area contributed by atoms with Crippen molar-refractivity contribution in [3.8, 4) is 0 Å². The molecular formula is C16H16Cl2N6. The molecule has 0 N–H and O–H groups in total. The molecule has 0 aromatic heterocycles. The number of piperazine rings is 1. The third-order valence-electron chi connectivity index (χ3n) is 3.46. The maximum atomic E-state index is 5.84. The predicted molar refractivity (Wildman–Crippen MR) is 95.1 cm³/mol. The van der Waals surface area contributed by atoms with Crippen LogP contribution in [-0.2, 0) is 0 Å². The first-order chi connectivity index (χ1) is 11.7. The molecule has 0 amide bonds. The first-order valence-corrected chi connectivity index (χ1v) is 8.29. The van der Waals surface area contributed by atoms with Crippen molar-refractivity contribution in [3.05, 3.63) is 58.6 Å². The second kappa shape index (κ2) is 8.08. The van der Waals surface area contributed by atoms with Gasteiger partial charge < -0.3 is 0 Å². The van der Waals surface area contributed by atoms with E-state index in [2.05, 4.69) is 20.7 Å². The van der Waals surface area contributed by atoms with Crippen LogP contribution in [0.2, 0.25) is 10.0 Å². The van der Waals surface area contributed by atoms with Gasteiger partial charge in [-0.1, -0.05) is 33.6 Å². The zero-order valence-electron chi connectivity index (χ0n) is 12.9. The molecule has 124 valence electrons. The molecule has 0 unspecified atom stereocenters. The van der Waals surface area contributed by atoms with E-state index in [1.807, 2.05) is 34.3 Å². The van der Waals surface area contributed by atoms with Gasteiger partial charge in [-0.3, -0.25) is 10.0 Å². The lowest BCUT2D eigenvalue weighted by Gasteiger charge is -2.29. The number of hydrogen-bond donors (Lipinski definition) is 0. The molecule has 2 aromatic carbocycles. The highest BCUT2D eigenvalue weighted by molar-refractivity contribution is 6.30. The second-order valence-electron chi connectivity index (χ2n) is 5.24. The molecule has 6 nitrogen and oxygen atoms in total. The monoisotopic (exact) mass is 362 g/mol. The van der Waals surface area contributed by atoms with E-state index in [1.54, 1.807) is 24.3 Å². The summed E-state index contributed by atoms with van der Waals surface area (Å²) in [6, 6.07) is 14.5. The van der Waals surface area contributed by atoms with Crippen molar-refractivity contribution < 1.29 is 0 Å². The van der Waals surface area contributed by atoms with Crippen molar-refractivity contribution in [1.29, 1.82) is 0 Å². The first-order valence-electron chi connectivity index (χ1n) is 7.53. The quantitative estimate of drug-likeness (QED) is 0.692. The lowest BCUT2D eigenvalue weighted by atomic mass is 10.3. The van der Waals surface area contributed by atoms with E-state index in [0.29, 0.717) is 10.0 Å². The van der Waals surface area contributed by atoms with Crippen LogP contribution in [-0.4, -0.2) is 36.2 Å². The maximum absolute atomic E-state index is 5.84. The van der Waals surface area contributed by atoms with Crippen molar-refractivity contribution in [2.75, 3.05) is 26.2 Å². The average molecular weight is 363 g/mol. The molecular weight excluding hydrogens is 347 g/mol. The van der Waals surface area contributed by atoms with Gasteiger partial charge in [0.15, 0.2) is 0 Å². The predicted octanol–water partition coefficient (Wildman–Crippen LogP) is 5.31. The van der Waals surface area contributed by atoms with Crippen LogP contribution in [0.1, 0.15) is 0 Å². The molecule has 8 heteroatoms. The van der Waals surface area contributed by atoms with Crippen molar-refractivity contribution in [2.45, 2.75) is 0 Å². The second-order valence-corrected chi connectivity index (χ2v) is 6.11. The summed E-state index contributed by atoms with van der Waals surface area (Å²) < 4.78 is 0. The fourth-order valence-corrected chi connectivity index (χ4v) is 2.36. The standard InChI is InChI=1S/C16H16Cl2N6/c17-13-1-5-15(6-2-13)19-21-23-9-11-24(12-10-23)22-20-16-7-3-14(18)4-8-16/h1-8H,9-12H2. The van der Waals surface area contributed by atoms with Crippen LogP contribution in [0.4, 0.5) is 11.4 Å². The molecule has 0 aliphatic carbocycles. The van der Waals surface area contributed by atoms with Crippen LogP contribution >= 0.6 is 23.2 Å². The van der Waals surface area contributed by atoms with Crippen molar-refractivity contribution in [1.82, 2.24) is 10.0 Å². The SMILES string of the molecule is Clc1ccc(N=NN2CCN(N=Nc3ccc(Cl)cc3)CC2)cc1. The van der Waals surface area contributed by atoms with E-state index < -0.39 is 0 Å². The van der Waals surface area contributed by atoms with Gasteiger partial charge in [-0.15, -0.1) is 10.2 Å². The topological polar surface area (TPSA) is 55.9 Å². The van der Waals surface area contributed by atoms with Gasteiger partial charge in [0.05, 0.1) is 37.6 Å². The molecule has 2 aromatic rings. The van der Waals surface area contributed by atoms with Crippen LogP contribution in [0.25, 0.3) is 0 Å². The van der Waals surface area contributed by atoms with Gasteiger partial charge in [-0.2, -0.15) is 0 Å². The molecule has 0 saturated carbocycles. The van der Waals surface area contributed by atoms with Crippen LogP contribution < -0.4 is 0 Å². The number of halogens is 2. The number of benzene rings is 2. The molecule has 24 heavy (non-hydrogen) atoms. The highest BCUT2D eigenvalue weighted by Crippen LogP contribution is 2.18. The average Bonchev–Trinajstić information content (AvgIpc) is 2.62. The lowest BCUT2D eigenvalue weighted by Crippen LogP contribution is -2.40. The van der Waals surface area contributed by atoms with Gasteiger partial charge in [0.1, 0.15) is 0 Å². The zero-order valence-corrected chi connectivity index (χ0v) is 14.4. The summed E-state index contributed by atoms with van der Waals surface area (Å²) in [6.45, 7) is 2.99. The summed E-state index contributed by atoms with van der Waals surface area (Å²) in [7, 11) is 0. The van der Waals surface area contributed by atoms with E-state index in [4.69, 9.17) is 23.2 Å². The number of hydrogen-bond acceptors (Lipinski definition) is 4. The zero-order chi connectivity index (χ0) is 16.8. The Balaban J connectivity index is 1.48. The fourth-order valence-electron chi connectivity index (χ4n) is 2.11. The van der Waals surface area contributed by atoms with Crippen LogP contribution in [0.3, 0.4) is 0 Å². The maximum Gasteiger partial charge on any atom is 0.0875 e. The van der Waals surface area contributed by atoms with Gasteiger partial charge in [-0.05, 0) is 48.5 Å². The molecule has 0 atom stereocenters. The van der Waals surface area contributed by atoms with Gasteiger partial charge in [-0.25, -0.2) is 0 Å². The van der Waals surface area contributed by atoms with Crippen molar-refractivity contribution >= 4 is 34.6 Å². The Kier molecular flexibility index (Phi) is 5.61. The molecule has 1 heterocycles. The third-order valence-corrected chi connectivity index (χ3v) is 3.96. The van der Waals surface area contributed by atoms with Gasteiger partial charge in [0.2, 0.25) is 0 Å². The van der Waals surface area contributed by atoms with Gasteiger partial charge in [0, 0.05) is 10.0 Å². The van der Waals surface area contributed by atoms with E-state index >= 15 is 0 Å². The minimum Gasteiger partial charge on any atom is -0.275 e. The molecule has 1 saturated heterocycles. The lowest BCUT2D eigenvalue weighted by molar-refractivity contribution is 0.126. The summed E-state index contributed by atoms with van der Waals surface area (Å²) in [5.74, 6) is 0. The molecule has 1 aliphatic rings. The Bertz CT molecular complexity index is 643. The molecule has 0 bridgehead atoms. The summed E-state index contributed by atoms with van der Waals surface area (Å²) in [5.41, 5.74) is 1.56. The van der Waals surface area contributed by atoms with Crippen molar-refractivity contribution in [2.24, 2.45) is 20.7 Å². The Labute approximate surface area is 150 Å². The van der Waals surface area contributed by atoms with Crippen LogP contribution in [0.15, 0.2) is 69.2 Å². The molecule has 1 aliphatic heterocycles. The Morgan fingerprint density at radius 2 is 0.917 bits per heavy atom. The fraction of sp³-hybridized carbons (Fsp3) is 0.250. The first kappa shape index (κ1) is 16.7. The van der Waals surface area contributed by atoms with E-state index in [9.17, 15) is 0 Å². The molecule has 0 spiro atoms. The molecule has 1 fully saturated rings. The highest BCUT2D eigenvalue weighted by Gasteiger charge is 2.14. The molecule has 3 rings (SSSR count). The van der Waals surface area contributed by atoms with Crippen LogP contribution in [0.5, 0.6) is 0 Å². The summed E-state index contributed by atoms with van der Waals surface area (Å²) in [5, 5.41) is 22.1. The normalized spacial score (nSPS) is 15.6. The smallest absolute Gasteiger partial charge is 0.0875 e. The Hall–Kier alpha value is -2.18.